The molecular formula is C22H26O6. The summed E-state index contributed by atoms with van der Waals surface area (Å²) in [4.78, 5) is 50.2. The average Bonchev–Trinajstić information content (AvgIpc) is 2.91. The van der Waals surface area contributed by atoms with Crippen LogP contribution < -0.4 is 0 Å². The summed E-state index contributed by atoms with van der Waals surface area (Å²) in [7, 11) is 0. The summed E-state index contributed by atoms with van der Waals surface area (Å²) in [5, 5.41) is 0. The molecule has 6 atom stereocenters. The maximum Gasteiger partial charge on any atom is 0.509 e. The maximum atomic E-state index is 13.5. The van der Waals surface area contributed by atoms with E-state index in [-0.39, 0.29) is 53.5 Å². The van der Waals surface area contributed by atoms with Crippen molar-refractivity contribution in [1.29, 1.82) is 0 Å². The molecule has 1 aliphatic heterocycles. The van der Waals surface area contributed by atoms with E-state index in [4.69, 9.17) is 9.47 Å². The Kier molecular flexibility index (Phi) is 3.58. The second kappa shape index (κ2) is 5.55. The number of rotatable bonds is 0. The standard InChI is InChI=1S/C22H26O6/c1-20-7-5-13(23)9-12(20)3-4-14-15-6-8-22(17(25)11-27-19(26)28-22)21(15,2)10-16(24)18(14)20/h9,14-15,18H,3-8,10-11H2,1-2H3/t14-,15-,18+,20-,21-,22?/m0/s1. The van der Waals surface area contributed by atoms with Gasteiger partial charge >= 0.3 is 6.16 Å². The van der Waals surface area contributed by atoms with Crippen LogP contribution in [0.1, 0.15) is 58.8 Å². The van der Waals surface area contributed by atoms with Gasteiger partial charge in [-0.05, 0) is 55.4 Å². The predicted octanol–water partition coefficient (Wildman–Crippen LogP) is 3.17. The summed E-state index contributed by atoms with van der Waals surface area (Å²) in [5.41, 5.74) is -1.04. The molecule has 0 bridgehead atoms. The van der Waals surface area contributed by atoms with E-state index < -0.39 is 17.2 Å². The highest BCUT2D eigenvalue weighted by atomic mass is 16.7. The molecule has 28 heavy (non-hydrogen) atoms. The molecular weight excluding hydrogens is 360 g/mol. The van der Waals surface area contributed by atoms with Crippen molar-refractivity contribution >= 4 is 23.5 Å². The number of cyclic esters (lactones) is 1. The van der Waals surface area contributed by atoms with Gasteiger partial charge in [-0.15, -0.1) is 0 Å². The maximum absolute atomic E-state index is 13.5. The molecule has 1 unspecified atom stereocenters. The zero-order valence-corrected chi connectivity index (χ0v) is 16.4. The quantitative estimate of drug-likeness (QED) is 0.594. The first-order chi connectivity index (χ1) is 13.2. The van der Waals surface area contributed by atoms with Crippen LogP contribution >= 0.6 is 0 Å². The number of ketones is 3. The third-order valence-electron chi connectivity index (χ3n) is 8.80. The van der Waals surface area contributed by atoms with E-state index in [1.807, 2.05) is 6.92 Å². The van der Waals surface area contributed by atoms with Crippen LogP contribution in [-0.2, 0) is 23.9 Å². The zero-order valence-electron chi connectivity index (χ0n) is 16.4. The number of ether oxygens (including phenoxy) is 2. The molecule has 4 aliphatic carbocycles. The van der Waals surface area contributed by atoms with Crippen LogP contribution in [0.15, 0.2) is 11.6 Å². The first-order valence-electron chi connectivity index (χ1n) is 10.4. The summed E-state index contributed by atoms with van der Waals surface area (Å²) >= 11 is 0. The molecule has 1 saturated heterocycles. The van der Waals surface area contributed by atoms with Gasteiger partial charge < -0.3 is 9.47 Å². The van der Waals surface area contributed by atoms with Crippen LogP contribution in [0.5, 0.6) is 0 Å². The number of hydrogen-bond donors (Lipinski definition) is 0. The summed E-state index contributed by atoms with van der Waals surface area (Å²) in [6, 6.07) is 0. The minimum absolute atomic E-state index is 0.112. The zero-order chi connectivity index (χ0) is 19.9. The van der Waals surface area contributed by atoms with Crippen molar-refractivity contribution < 1.29 is 28.7 Å². The molecule has 0 radical (unpaired) electrons. The van der Waals surface area contributed by atoms with Gasteiger partial charge in [0.2, 0.25) is 5.78 Å². The largest absolute Gasteiger partial charge is 0.509 e. The number of carbonyl (C=O) groups is 4. The van der Waals surface area contributed by atoms with E-state index in [1.54, 1.807) is 6.08 Å². The van der Waals surface area contributed by atoms with Gasteiger partial charge in [0, 0.05) is 24.2 Å². The molecule has 4 fully saturated rings. The van der Waals surface area contributed by atoms with Gasteiger partial charge in [-0.3, -0.25) is 14.4 Å². The van der Waals surface area contributed by atoms with Crippen molar-refractivity contribution in [3.8, 4) is 0 Å². The Morgan fingerprint density at radius 1 is 1.04 bits per heavy atom. The van der Waals surface area contributed by atoms with Crippen LogP contribution in [-0.4, -0.2) is 35.7 Å². The van der Waals surface area contributed by atoms with Gasteiger partial charge in [0.25, 0.3) is 0 Å². The lowest BCUT2D eigenvalue weighted by molar-refractivity contribution is -0.184. The number of allylic oxidation sites excluding steroid dienone is 1. The highest BCUT2D eigenvalue weighted by molar-refractivity contribution is 5.97. The van der Waals surface area contributed by atoms with Gasteiger partial charge in [-0.2, -0.15) is 0 Å². The number of carbonyl (C=O) groups excluding carboxylic acids is 4. The van der Waals surface area contributed by atoms with E-state index in [2.05, 4.69) is 6.92 Å². The lowest BCUT2D eigenvalue weighted by Gasteiger charge is -2.58. The second-order valence-electron chi connectivity index (χ2n) is 9.83. The first kappa shape index (κ1) is 18.1. The minimum Gasteiger partial charge on any atom is -0.426 e. The summed E-state index contributed by atoms with van der Waals surface area (Å²) in [6.45, 7) is 3.84. The molecule has 1 heterocycles. The lowest BCUT2D eigenvalue weighted by Crippen LogP contribution is -2.63. The molecule has 1 spiro atoms. The van der Waals surface area contributed by atoms with Crippen molar-refractivity contribution in [1.82, 2.24) is 0 Å². The fraction of sp³-hybridized carbons (Fsp3) is 0.727. The van der Waals surface area contributed by atoms with Gasteiger partial charge in [0.15, 0.2) is 18.0 Å². The average molecular weight is 386 g/mol. The Bertz CT molecular complexity index is 842. The van der Waals surface area contributed by atoms with Crippen LogP contribution in [0.25, 0.3) is 0 Å². The normalized spacial score (nSPS) is 47.6. The monoisotopic (exact) mass is 386 g/mol. The smallest absolute Gasteiger partial charge is 0.426 e. The van der Waals surface area contributed by atoms with Gasteiger partial charge in [0.05, 0.1) is 0 Å². The van der Waals surface area contributed by atoms with Crippen LogP contribution in [0.3, 0.4) is 0 Å². The van der Waals surface area contributed by atoms with Crippen molar-refractivity contribution in [3.05, 3.63) is 11.6 Å². The van der Waals surface area contributed by atoms with Crippen LogP contribution in [0.4, 0.5) is 4.79 Å². The first-order valence-corrected chi connectivity index (χ1v) is 10.4. The van der Waals surface area contributed by atoms with Crippen molar-refractivity contribution in [2.75, 3.05) is 6.61 Å². The Balaban J connectivity index is 1.56. The van der Waals surface area contributed by atoms with E-state index in [0.717, 1.165) is 31.3 Å². The Labute approximate surface area is 164 Å². The summed E-state index contributed by atoms with van der Waals surface area (Å²) < 4.78 is 10.4. The Morgan fingerprint density at radius 2 is 1.82 bits per heavy atom. The fourth-order valence-electron chi connectivity index (χ4n) is 7.47. The highest BCUT2D eigenvalue weighted by Gasteiger charge is 2.71. The van der Waals surface area contributed by atoms with Crippen molar-refractivity contribution in [2.24, 2.45) is 28.6 Å². The molecule has 6 heteroatoms. The molecule has 6 nitrogen and oxygen atoms in total. The number of fused-ring (bicyclic) bond motifs is 6. The Hall–Kier alpha value is -1.98. The van der Waals surface area contributed by atoms with E-state index in [0.29, 0.717) is 12.8 Å². The second-order valence-corrected chi connectivity index (χ2v) is 9.83. The number of Topliss-reactive ketones (excluding diaryl/α,β-unsaturated/α-hetero) is 2. The van der Waals surface area contributed by atoms with E-state index in [9.17, 15) is 19.2 Å². The molecule has 5 rings (SSSR count). The van der Waals surface area contributed by atoms with Crippen LogP contribution in [0.2, 0.25) is 0 Å². The lowest BCUT2D eigenvalue weighted by atomic mass is 9.46. The molecule has 150 valence electrons. The fourth-order valence-corrected chi connectivity index (χ4v) is 7.47. The molecule has 0 aromatic carbocycles. The topological polar surface area (TPSA) is 86.7 Å². The van der Waals surface area contributed by atoms with Gasteiger partial charge in [-0.1, -0.05) is 19.4 Å². The molecule has 3 saturated carbocycles. The van der Waals surface area contributed by atoms with Crippen molar-refractivity contribution in [3.63, 3.8) is 0 Å². The molecule has 0 aromatic heterocycles. The Morgan fingerprint density at radius 3 is 2.61 bits per heavy atom. The minimum atomic E-state index is -1.23. The summed E-state index contributed by atoms with van der Waals surface area (Å²) in [5.74, 6) is 0.312. The third-order valence-corrected chi connectivity index (χ3v) is 8.80. The predicted molar refractivity (Wildman–Crippen MR) is 97.3 cm³/mol. The SMILES string of the molecule is C[C@]12CCC(=O)C=C1CC[C@@H]1[C@@H]2C(=O)C[C@@]2(C)[C@H]1CCC21OC(=O)OCC1=O. The number of hydrogen-bond acceptors (Lipinski definition) is 6. The van der Waals surface area contributed by atoms with Crippen LogP contribution in [0, 0.1) is 28.6 Å². The highest BCUT2D eigenvalue weighted by Crippen LogP contribution is 2.67. The van der Waals surface area contributed by atoms with E-state index >= 15 is 0 Å². The van der Waals surface area contributed by atoms with Gasteiger partial charge in [-0.25, -0.2) is 4.79 Å². The third kappa shape index (κ3) is 2.04. The molecule has 0 amide bonds. The molecule has 0 aromatic rings. The van der Waals surface area contributed by atoms with E-state index in [1.165, 1.54) is 0 Å². The summed E-state index contributed by atoms with van der Waals surface area (Å²) in [6.07, 6.45) is 5.36. The van der Waals surface area contributed by atoms with Crippen molar-refractivity contribution in [2.45, 2.75) is 64.4 Å². The van der Waals surface area contributed by atoms with Gasteiger partial charge in [0.1, 0.15) is 5.78 Å². The molecule has 5 aliphatic rings. The molecule has 0 N–H and O–H groups in total.